The largest absolute Gasteiger partial charge is 0.480 e. The van der Waals surface area contributed by atoms with Crippen molar-refractivity contribution in [2.45, 2.75) is 0 Å². The van der Waals surface area contributed by atoms with Crippen molar-refractivity contribution >= 4 is 47.2 Å². The van der Waals surface area contributed by atoms with Gasteiger partial charge in [0.2, 0.25) is 0 Å². The van der Waals surface area contributed by atoms with Crippen molar-refractivity contribution in [2.75, 3.05) is 6.54 Å². The van der Waals surface area contributed by atoms with Crippen molar-refractivity contribution < 1.29 is 19.5 Å². The summed E-state index contributed by atoms with van der Waals surface area (Å²) in [6.45, 7) is -0.691. The zero-order valence-corrected chi connectivity index (χ0v) is 11.4. The molecule has 1 aromatic carbocycles. The second-order valence-corrected chi connectivity index (χ2v) is 4.76. The molecule has 20 heavy (non-hydrogen) atoms. The maximum atomic E-state index is 11.9. The van der Waals surface area contributed by atoms with E-state index in [9.17, 15) is 14.4 Å². The van der Waals surface area contributed by atoms with Crippen LogP contribution >= 0.6 is 23.2 Å². The van der Waals surface area contributed by atoms with Gasteiger partial charge < -0.3 is 10.4 Å². The molecule has 0 aliphatic carbocycles. The summed E-state index contributed by atoms with van der Waals surface area (Å²) in [7, 11) is 0. The zero-order valence-electron chi connectivity index (χ0n) is 9.89. The lowest BCUT2D eigenvalue weighted by Crippen LogP contribution is -2.35. The number of nitrogens with one attached hydrogen (secondary N) is 1. The first kappa shape index (κ1) is 14.4. The number of halogens is 2. The Morgan fingerprint density at radius 1 is 1.30 bits per heavy atom. The van der Waals surface area contributed by atoms with Crippen LogP contribution in [0, 0.1) is 0 Å². The van der Waals surface area contributed by atoms with Gasteiger partial charge in [-0.2, -0.15) is 0 Å². The third kappa shape index (κ3) is 2.92. The van der Waals surface area contributed by atoms with Crippen LogP contribution in [0.5, 0.6) is 0 Å². The number of carbonyl (C=O) groups excluding carboxylic acids is 2. The van der Waals surface area contributed by atoms with E-state index in [1.807, 2.05) is 0 Å². The van der Waals surface area contributed by atoms with Crippen LogP contribution < -0.4 is 5.32 Å². The molecule has 8 heteroatoms. The average Bonchev–Trinajstić information content (AvgIpc) is 2.61. The molecule has 1 fully saturated rings. The van der Waals surface area contributed by atoms with Gasteiger partial charge in [0.1, 0.15) is 12.2 Å². The molecule has 2 rings (SSSR count). The molecule has 6 nitrogen and oxygen atoms in total. The highest BCUT2D eigenvalue weighted by molar-refractivity contribution is 6.42. The van der Waals surface area contributed by atoms with Crippen molar-refractivity contribution in [3.8, 4) is 0 Å². The summed E-state index contributed by atoms with van der Waals surface area (Å²) < 4.78 is 0. The van der Waals surface area contributed by atoms with Gasteiger partial charge in [0.15, 0.2) is 0 Å². The Morgan fingerprint density at radius 3 is 2.60 bits per heavy atom. The first-order valence-corrected chi connectivity index (χ1v) is 6.15. The van der Waals surface area contributed by atoms with Crippen molar-refractivity contribution in [2.24, 2.45) is 0 Å². The highest BCUT2D eigenvalue weighted by Gasteiger charge is 2.34. The van der Waals surface area contributed by atoms with Gasteiger partial charge in [-0.15, -0.1) is 0 Å². The Kier molecular flexibility index (Phi) is 3.96. The fourth-order valence-corrected chi connectivity index (χ4v) is 1.93. The van der Waals surface area contributed by atoms with Crippen LogP contribution in [0.4, 0.5) is 4.79 Å². The molecule has 1 heterocycles. The van der Waals surface area contributed by atoms with E-state index in [1.165, 1.54) is 12.1 Å². The number of amides is 3. The Morgan fingerprint density at radius 2 is 2.00 bits per heavy atom. The van der Waals surface area contributed by atoms with Crippen LogP contribution in [-0.4, -0.2) is 34.5 Å². The number of urea groups is 1. The summed E-state index contributed by atoms with van der Waals surface area (Å²) in [5, 5.41) is 11.6. The van der Waals surface area contributed by atoms with Crippen molar-refractivity contribution in [3.63, 3.8) is 0 Å². The highest BCUT2D eigenvalue weighted by Crippen LogP contribution is 2.24. The maximum Gasteiger partial charge on any atom is 0.329 e. The SMILES string of the molecule is O=C(O)CN1C(=O)N/C(=C/c2ccc(Cl)c(Cl)c2)C1=O. The highest BCUT2D eigenvalue weighted by atomic mass is 35.5. The molecule has 3 amide bonds. The summed E-state index contributed by atoms with van der Waals surface area (Å²) >= 11 is 11.6. The molecule has 0 unspecified atom stereocenters. The van der Waals surface area contributed by atoms with E-state index >= 15 is 0 Å². The van der Waals surface area contributed by atoms with E-state index < -0.39 is 24.5 Å². The van der Waals surface area contributed by atoms with E-state index in [1.54, 1.807) is 12.1 Å². The Balaban J connectivity index is 2.27. The quantitative estimate of drug-likeness (QED) is 0.659. The molecule has 104 valence electrons. The molecule has 0 radical (unpaired) electrons. The normalized spacial score (nSPS) is 16.7. The summed E-state index contributed by atoms with van der Waals surface area (Å²) in [5.74, 6) is -1.98. The van der Waals surface area contributed by atoms with Crippen LogP contribution in [0.2, 0.25) is 10.0 Å². The fraction of sp³-hybridized carbons (Fsp3) is 0.0833. The molecule has 2 N–H and O–H groups in total. The van der Waals surface area contributed by atoms with Crippen LogP contribution in [-0.2, 0) is 9.59 Å². The minimum absolute atomic E-state index is 0.0189. The lowest BCUT2D eigenvalue weighted by Gasteiger charge is -2.06. The van der Waals surface area contributed by atoms with Gasteiger partial charge in [-0.1, -0.05) is 29.3 Å². The van der Waals surface area contributed by atoms with Gasteiger partial charge in [0, 0.05) is 0 Å². The molecular formula is C12H8Cl2N2O4. The number of carboxylic acid groups (broad SMARTS) is 1. The summed E-state index contributed by atoms with van der Waals surface area (Å²) in [5.41, 5.74) is 0.537. The number of hydrogen-bond acceptors (Lipinski definition) is 3. The second kappa shape index (κ2) is 5.52. The molecular weight excluding hydrogens is 307 g/mol. The van der Waals surface area contributed by atoms with E-state index in [0.717, 1.165) is 0 Å². The van der Waals surface area contributed by atoms with E-state index in [0.29, 0.717) is 20.5 Å². The van der Waals surface area contributed by atoms with Crippen LogP contribution in [0.15, 0.2) is 23.9 Å². The summed E-state index contributed by atoms with van der Waals surface area (Å²) in [4.78, 5) is 34.5. The number of aliphatic carboxylic acids is 1. The minimum atomic E-state index is -1.27. The molecule has 0 aromatic heterocycles. The van der Waals surface area contributed by atoms with Crippen LogP contribution in [0.1, 0.15) is 5.56 Å². The minimum Gasteiger partial charge on any atom is -0.480 e. The van der Waals surface area contributed by atoms with Gasteiger partial charge in [-0.25, -0.2) is 9.69 Å². The van der Waals surface area contributed by atoms with Crippen molar-refractivity contribution in [1.29, 1.82) is 0 Å². The standard InChI is InChI=1S/C12H8Cl2N2O4/c13-7-2-1-6(3-8(7)14)4-9-11(19)16(5-10(17)18)12(20)15-9/h1-4H,5H2,(H,15,20)(H,17,18)/b9-4+. The van der Waals surface area contributed by atoms with Gasteiger partial charge in [0.25, 0.3) is 5.91 Å². The zero-order chi connectivity index (χ0) is 14.9. The van der Waals surface area contributed by atoms with Gasteiger partial charge in [0.05, 0.1) is 10.0 Å². The molecule has 1 aliphatic rings. The third-order valence-electron chi connectivity index (χ3n) is 2.51. The number of rotatable bonds is 3. The molecule has 1 saturated heterocycles. The molecule has 1 aromatic rings. The van der Waals surface area contributed by atoms with Gasteiger partial charge in [-0.05, 0) is 23.8 Å². The van der Waals surface area contributed by atoms with Gasteiger partial charge in [-0.3, -0.25) is 9.59 Å². The number of carboxylic acids is 1. The lowest BCUT2D eigenvalue weighted by molar-refractivity contribution is -0.140. The number of nitrogens with zero attached hydrogens (tertiary/aromatic N) is 1. The van der Waals surface area contributed by atoms with E-state index in [4.69, 9.17) is 28.3 Å². The molecule has 0 saturated carbocycles. The Hall–Kier alpha value is -2.05. The summed E-state index contributed by atoms with van der Waals surface area (Å²) in [6, 6.07) is 3.91. The Labute approximate surface area is 123 Å². The van der Waals surface area contributed by atoms with E-state index in [-0.39, 0.29) is 5.70 Å². The molecule has 0 spiro atoms. The smallest absolute Gasteiger partial charge is 0.329 e. The van der Waals surface area contributed by atoms with Crippen molar-refractivity contribution in [3.05, 3.63) is 39.5 Å². The van der Waals surface area contributed by atoms with Gasteiger partial charge >= 0.3 is 12.0 Å². The number of imide groups is 1. The maximum absolute atomic E-state index is 11.9. The number of hydrogen-bond donors (Lipinski definition) is 2. The molecule has 1 aliphatic heterocycles. The van der Waals surface area contributed by atoms with Crippen LogP contribution in [0.25, 0.3) is 6.08 Å². The number of benzene rings is 1. The first-order chi connectivity index (χ1) is 9.38. The van der Waals surface area contributed by atoms with E-state index in [2.05, 4.69) is 5.32 Å². The molecule has 0 atom stereocenters. The summed E-state index contributed by atoms with van der Waals surface area (Å²) in [6.07, 6.45) is 1.39. The van der Waals surface area contributed by atoms with Crippen LogP contribution in [0.3, 0.4) is 0 Å². The second-order valence-electron chi connectivity index (χ2n) is 3.95. The lowest BCUT2D eigenvalue weighted by atomic mass is 10.2. The average molecular weight is 315 g/mol. The topological polar surface area (TPSA) is 86.7 Å². The predicted octanol–water partition coefficient (Wildman–Crippen LogP) is 1.97. The predicted molar refractivity (Wildman–Crippen MR) is 72.3 cm³/mol. The third-order valence-corrected chi connectivity index (χ3v) is 3.25. The fourth-order valence-electron chi connectivity index (χ4n) is 1.62. The Bertz CT molecular complexity index is 642. The number of carbonyl (C=O) groups is 3. The first-order valence-electron chi connectivity index (χ1n) is 5.40. The molecule has 0 bridgehead atoms. The van der Waals surface area contributed by atoms with Crippen molar-refractivity contribution in [1.82, 2.24) is 10.2 Å². The monoisotopic (exact) mass is 314 g/mol.